The molecule has 3 aromatic rings. The summed E-state index contributed by atoms with van der Waals surface area (Å²) in [6, 6.07) is 11.5. The molecule has 0 radical (unpaired) electrons. The Morgan fingerprint density at radius 1 is 1.17 bits per heavy atom. The summed E-state index contributed by atoms with van der Waals surface area (Å²) in [6.45, 7) is -0.545. The van der Waals surface area contributed by atoms with Crippen molar-refractivity contribution >= 4 is 27.2 Å². The van der Waals surface area contributed by atoms with Crippen molar-refractivity contribution in [1.29, 1.82) is 0 Å². The van der Waals surface area contributed by atoms with E-state index in [1.54, 1.807) is 30.3 Å². The van der Waals surface area contributed by atoms with Crippen LogP contribution in [0.3, 0.4) is 0 Å². The van der Waals surface area contributed by atoms with Crippen molar-refractivity contribution < 1.29 is 19.9 Å². The Balaban J connectivity index is 1.89. The first-order valence-corrected chi connectivity index (χ1v) is 7.96. The van der Waals surface area contributed by atoms with Gasteiger partial charge in [-0.15, -0.1) is 11.3 Å². The molecular formula is C16H14N2O5S. The average molecular weight is 346 g/mol. The van der Waals surface area contributed by atoms with Gasteiger partial charge in [-0.05, 0) is 30.3 Å². The highest BCUT2D eigenvalue weighted by molar-refractivity contribution is 7.21. The van der Waals surface area contributed by atoms with E-state index in [0.29, 0.717) is 5.75 Å². The second kappa shape index (κ2) is 6.91. The fourth-order valence-corrected chi connectivity index (χ4v) is 3.15. The first-order valence-electron chi connectivity index (χ1n) is 7.14. The lowest BCUT2D eigenvalue weighted by Crippen LogP contribution is -2.25. The number of aromatic nitrogens is 1. The summed E-state index contributed by atoms with van der Waals surface area (Å²) >= 11 is 1.44. The predicted octanol–water partition coefficient (Wildman–Crippen LogP) is 2.60. The van der Waals surface area contributed by atoms with Crippen LogP contribution in [0.4, 0.5) is 5.69 Å². The second-order valence-electron chi connectivity index (χ2n) is 5.06. The van der Waals surface area contributed by atoms with E-state index in [1.807, 2.05) is 0 Å². The predicted molar refractivity (Wildman–Crippen MR) is 90.3 cm³/mol. The number of hydrogen-bond donors (Lipinski definition) is 2. The molecule has 1 aromatic heterocycles. The van der Waals surface area contributed by atoms with Crippen LogP contribution >= 0.6 is 11.3 Å². The quantitative estimate of drug-likeness (QED) is 0.525. The maximum Gasteiger partial charge on any atom is 0.269 e. The average Bonchev–Trinajstić information content (AvgIpc) is 3.03. The lowest BCUT2D eigenvalue weighted by molar-refractivity contribution is -0.384. The van der Waals surface area contributed by atoms with Crippen LogP contribution in [0.2, 0.25) is 0 Å². The van der Waals surface area contributed by atoms with Gasteiger partial charge >= 0.3 is 0 Å². The first-order chi connectivity index (χ1) is 11.6. The molecule has 7 nitrogen and oxygen atoms in total. The molecule has 0 unspecified atom stereocenters. The summed E-state index contributed by atoms with van der Waals surface area (Å²) < 4.78 is 6.37. The van der Waals surface area contributed by atoms with Gasteiger partial charge in [-0.3, -0.25) is 10.1 Å². The van der Waals surface area contributed by atoms with Crippen molar-refractivity contribution in [1.82, 2.24) is 4.98 Å². The van der Waals surface area contributed by atoms with Crippen LogP contribution in [-0.2, 0) is 0 Å². The van der Waals surface area contributed by atoms with Crippen LogP contribution in [0.15, 0.2) is 42.5 Å². The molecule has 0 aliphatic rings. The van der Waals surface area contributed by atoms with Gasteiger partial charge in [0.15, 0.2) is 0 Å². The van der Waals surface area contributed by atoms with Crippen molar-refractivity contribution in [2.24, 2.45) is 0 Å². The smallest absolute Gasteiger partial charge is 0.269 e. The molecule has 124 valence electrons. The molecule has 2 N–H and O–H groups in total. The minimum Gasteiger partial charge on any atom is -0.486 e. The van der Waals surface area contributed by atoms with Crippen LogP contribution < -0.4 is 4.74 Å². The molecule has 24 heavy (non-hydrogen) atoms. The second-order valence-corrected chi connectivity index (χ2v) is 6.09. The number of non-ortho nitro benzene ring substituents is 1. The fourth-order valence-electron chi connectivity index (χ4n) is 2.15. The van der Waals surface area contributed by atoms with Crippen LogP contribution in [0.25, 0.3) is 20.8 Å². The van der Waals surface area contributed by atoms with Gasteiger partial charge < -0.3 is 14.9 Å². The number of nitro benzene ring substituents is 1. The van der Waals surface area contributed by atoms with E-state index in [1.165, 1.54) is 23.5 Å². The summed E-state index contributed by atoms with van der Waals surface area (Å²) in [5.41, 5.74) is 1.62. The highest BCUT2D eigenvalue weighted by Crippen LogP contribution is 2.33. The van der Waals surface area contributed by atoms with Gasteiger partial charge in [0.25, 0.3) is 5.69 Å². The van der Waals surface area contributed by atoms with Gasteiger partial charge in [0, 0.05) is 17.7 Å². The topological polar surface area (TPSA) is 106 Å². The molecular weight excluding hydrogens is 332 g/mol. The summed E-state index contributed by atoms with van der Waals surface area (Å²) in [7, 11) is 0. The van der Waals surface area contributed by atoms with Crippen molar-refractivity contribution in [3.05, 3.63) is 52.6 Å². The largest absolute Gasteiger partial charge is 0.486 e. The molecule has 1 heterocycles. The zero-order valence-corrected chi connectivity index (χ0v) is 13.3. The molecule has 0 amide bonds. The molecule has 2 aromatic carbocycles. The molecule has 0 fully saturated rings. The van der Waals surface area contributed by atoms with Crippen LogP contribution in [0.5, 0.6) is 5.75 Å². The van der Waals surface area contributed by atoms with Crippen LogP contribution in [0.1, 0.15) is 0 Å². The first kappa shape index (κ1) is 16.3. The summed E-state index contributed by atoms with van der Waals surface area (Å²) in [5, 5.41) is 29.6. The van der Waals surface area contributed by atoms with Crippen molar-refractivity contribution in [2.45, 2.75) is 6.10 Å². The van der Waals surface area contributed by atoms with Crippen LogP contribution in [-0.4, -0.2) is 39.4 Å². The van der Waals surface area contributed by atoms with Gasteiger partial charge in [-0.2, -0.15) is 0 Å². The molecule has 3 rings (SSSR count). The highest BCUT2D eigenvalue weighted by atomic mass is 32.1. The van der Waals surface area contributed by atoms with E-state index in [-0.39, 0.29) is 18.9 Å². The third-order valence-electron chi connectivity index (χ3n) is 3.39. The lowest BCUT2D eigenvalue weighted by atomic mass is 10.2. The highest BCUT2D eigenvalue weighted by Gasteiger charge is 2.12. The Bertz CT molecular complexity index is 859. The fraction of sp³-hybridized carbons (Fsp3) is 0.188. The third kappa shape index (κ3) is 3.35. The molecule has 0 spiro atoms. The number of fused-ring (bicyclic) bond motifs is 1. The van der Waals surface area contributed by atoms with Crippen molar-refractivity contribution in [3.8, 4) is 16.3 Å². The van der Waals surface area contributed by atoms with Crippen molar-refractivity contribution in [3.63, 3.8) is 0 Å². The van der Waals surface area contributed by atoms with Gasteiger partial charge in [0.1, 0.15) is 16.9 Å². The van der Waals surface area contributed by atoms with E-state index in [9.17, 15) is 10.1 Å². The Hall–Kier alpha value is -2.55. The number of hydrogen-bond acceptors (Lipinski definition) is 7. The van der Waals surface area contributed by atoms with Crippen molar-refractivity contribution in [2.75, 3.05) is 13.2 Å². The number of rotatable bonds is 6. The number of aliphatic hydroxyl groups excluding tert-OH is 2. The van der Waals surface area contributed by atoms with E-state index in [2.05, 4.69) is 4.98 Å². The molecule has 0 saturated carbocycles. The zero-order chi connectivity index (χ0) is 17.1. The summed E-state index contributed by atoms with van der Waals surface area (Å²) in [5.74, 6) is 0.537. The van der Waals surface area contributed by atoms with E-state index in [4.69, 9.17) is 14.9 Å². The number of thiazole rings is 1. The molecule has 8 heteroatoms. The number of nitro groups is 1. The number of nitrogens with zero attached hydrogens (tertiary/aromatic N) is 2. The third-order valence-corrected chi connectivity index (χ3v) is 4.46. The molecule has 0 aliphatic carbocycles. The lowest BCUT2D eigenvalue weighted by Gasteiger charge is -2.13. The Kier molecular flexibility index (Phi) is 4.70. The summed E-state index contributed by atoms with van der Waals surface area (Å²) in [4.78, 5) is 14.8. The Morgan fingerprint density at radius 3 is 2.50 bits per heavy atom. The number of ether oxygens (including phenoxy) is 1. The van der Waals surface area contributed by atoms with E-state index in [0.717, 1.165) is 20.8 Å². The Labute approximate surface area is 140 Å². The normalized spacial score (nSPS) is 11.1. The minimum absolute atomic E-state index is 0.0367. The monoisotopic (exact) mass is 346 g/mol. The number of benzene rings is 2. The van der Waals surface area contributed by atoms with Gasteiger partial charge in [-0.25, -0.2) is 4.98 Å². The van der Waals surface area contributed by atoms with Gasteiger partial charge in [0.2, 0.25) is 0 Å². The molecule has 0 aliphatic heterocycles. The van der Waals surface area contributed by atoms with Crippen LogP contribution in [0, 0.1) is 10.1 Å². The molecule has 0 atom stereocenters. The Morgan fingerprint density at radius 2 is 1.88 bits per heavy atom. The SMILES string of the molecule is O=[N+]([O-])c1ccc(-c2nc3ccc(OC(CO)CO)cc3s2)cc1. The van der Waals surface area contributed by atoms with Gasteiger partial charge in [-0.1, -0.05) is 0 Å². The standard InChI is InChI=1S/C16H14N2O5S/c19-8-13(9-20)23-12-5-6-14-15(7-12)24-16(17-14)10-1-3-11(4-2-10)18(21)22/h1-7,13,19-20H,8-9H2. The summed E-state index contributed by atoms with van der Waals surface area (Å²) in [6.07, 6.45) is -0.662. The minimum atomic E-state index is -0.662. The van der Waals surface area contributed by atoms with Gasteiger partial charge in [0.05, 0.1) is 28.4 Å². The zero-order valence-electron chi connectivity index (χ0n) is 12.5. The van der Waals surface area contributed by atoms with E-state index >= 15 is 0 Å². The number of aliphatic hydroxyl groups is 2. The maximum atomic E-state index is 10.7. The molecule has 0 bridgehead atoms. The maximum absolute atomic E-state index is 10.7. The van der Waals surface area contributed by atoms with E-state index < -0.39 is 11.0 Å². The molecule has 0 saturated heterocycles.